The minimum Gasteiger partial charge on any atom is -0.481 e. The molecule has 1 heterocycles. The summed E-state index contributed by atoms with van der Waals surface area (Å²) in [4.78, 5) is 15.8. The molecule has 0 bridgehead atoms. The van der Waals surface area contributed by atoms with E-state index in [1.54, 1.807) is 12.1 Å². The lowest BCUT2D eigenvalue weighted by atomic mass is 9.90. The number of hydrogen-bond donors (Lipinski definition) is 1. The third-order valence-corrected chi connectivity index (χ3v) is 3.86. The molecule has 1 aromatic heterocycles. The van der Waals surface area contributed by atoms with Crippen LogP contribution in [0.1, 0.15) is 30.1 Å². The number of nitrogens with zero attached hydrogens (tertiary/aromatic N) is 2. The Morgan fingerprint density at radius 2 is 2.30 bits per heavy atom. The van der Waals surface area contributed by atoms with E-state index in [1.165, 1.54) is 12.1 Å². The third-order valence-electron chi connectivity index (χ3n) is 3.86. The Hall–Kier alpha value is -2.17. The second-order valence-electron chi connectivity index (χ2n) is 5.12. The molecule has 1 N–H and O–H groups in total. The molecule has 0 saturated heterocycles. The van der Waals surface area contributed by atoms with E-state index in [-0.39, 0.29) is 5.82 Å². The lowest BCUT2D eigenvalue weighted by molar-refractivity contribution is -0.139. The molecule has 1 aliphatic rings. The maximum atomic E-state index is 13.3. The standard InChI is InChI=1S/C15H15FN2O2/c1-18-12-7-3-6-11(15(19)20)13(12)17-14(18)9-4-2-5-10(16)8-9/h2,4-5,8,11H,3,6-7H2,1H3,(H,19,20). The first-order valence-electron chi connectivity index (χ1n) is 6.62. The van der Waals surface area contributed by atoms with Crippen LogP contribution in [0.25, 0.3) is 11.4 Å². The smallest absolute Gasteiger partial charge is 0.312 e. The van der Waals surface area contributed by atoms with Crippen LogP contribution >= 0.6 is 0 Å². The molecule has 2 aromatic rings. The second kappa shape index (κ2) is 4.74. The monoisotopic (exact) mass is 274 g/mol. The van der Waals surface area contributed by atoms with E-state index < -0.39 is 11.9 Å². The van der Waals surface area contributed by atoms with Gasteiger partial charge in [0, 0.05) is 18.3 Å². The van der Waals surface area contributed by atoms with Crippen LogP contribution in [-0.2, 0) is 18.3 Å². The van der Waals surface area contributed by atoms with Crippen molar-refractivity contribution < 1.29 is 14.3 Å². The molecule has 1 unspecified atom stereocenters. The van der Waals surface area contributed by atoms with Gasteiger partial charge in [-0.2, -0.15) is 0 Å². The van der Waals surface area contributed by atoms with E-state index in [4.69, 9.17) is 0 Å². The van der Waals surface area contributed by atoms with Gasteiger partial charge >= 0.3 is 5.97 Å². The molecular weight excluding hydrogens is 259 g/mol. The number of benzene rings is 1. The summed E-state index contributed by atoms with van der Waals surface area (Å²) < 4.78 is 15.2. The quantitative estimate of drug-likeness (QED) is 0.916. The summed E-state index contributed by atoms with van der Waals surface area (Å²) in [5, 5.41) is 9.29. The van der Waals surface area contributed by atoms with Crippen molar-refractivity contribution in [3.63, 3.8) is 0 Å². The third kappa shape index (κ3) is 1.99. The number of aromatic nitrogens is 2. The number of fused-ring (bicyclic) bond motifs is 1. The zero-order valence-corrected chi connectivity index (χ0v) is 11.1. The Morgan fingerprint density at radius 3 is 3.00 bits per heavy atom. The van der Waals surface area contributed by atoms with Crippen LogP contribution in [-0.4, -0.2) is 20.6 Å². The van der Waals surface area contributed by atoms with Gasteiger partial charge in [-0.25, -0.2) is 9.37 Å². The van der Waals surface area contributed by atoms with Gasteiger partial charge in [0.15, 0.2) is 0 Å². The van der Waals surface area contributed by atoms with Gasteiger partial charge in [0.25, 0.3) is 0 Å². The Bertz CT molecular complexity index is 679. The molecule has 1 aromatic carbocycles. The van der Waals surface area contributed by atoms with Crippen molar-refractivity contribution in [3.05, 3.63) is 41.5 Å². The molecule has 0 saturated carbocycles. The molecule has 3 rings (SSSR count). The average molecular weight is 274 g/mol. The minimum atomic E-state index is -0.838. The number of rotatable bonds is 2. The molecule has 4 nitrogen and oxygen atoms in total. The highest BCUT2D eigenvalue weighted by atomic mass is 19.1. The highest BCUT2D eigenvalue weighted by Gasteiger charge is 2.31. The van der Waals surface area contributed by atoms with E-state index >= 15 is 0 Å². The van der Waals surface area contributed by atoms with Gasteiger partial charge in [0.2, 0.25) is 0 Å². The number of aliphatic carboxylic acids is 1. The van der Waals surface area contributed by atoms with Gasteiger partial charge in [-0.3, -0.25) is 4.79 Å². The SMILES string of the molecule is Cn1c(-c2cccc(F)c2)nc2c1CCCC2C(=O)O. The van der Waals surface area contributed by atoms with E-state index in [0.717, 1.165) is 18.5 Å². The fourth-order valence-corrected chi connectivity index (χ4v) is 2.86. The van der Waals surface area contributed by atoms with Gasteiger partial charge in [0.05, 0.1) is 5.69 Å². The van der Waals surface area contributed by atoms with Crippen LogP contribution in [0.3, 0.4) is 0 Å². The van der Waals surface area contributed by atoms with Crippen molar-refractivity contribution in [1.29, 1.82) is 0 Å². The topological polar surface area (TPSA) is 55.1 Å². The van der Waals surface area contributed by atoms with Gasteiger partial charge in [-0.15, -0.1) is 0 Å². The van der Waals surface area contributed by atoms with Crippen LogP contribution in [0.4, 0.5) is 4.39 Å². The summed E-state index contributed by atoms with van der Waals surface area (Å²) in [5.74, 6) is -1.08. The summed E-state index contributed by atoms with van der Waals surface area (Å²) in [6, 6.07) is 6.22. The molecule has 1 aliphatic carbocycles. The summed E-state index contributed by atoms with van der Waals surface area (Å²) in [6.45, 7) is 0. The lowest BCUT2D eigenvalue weighted by Gasteiger charge is -2.18. The molecule has 0 fully saturated rings. The Morgan fingerprint density at radius 1 is 1.50 bits per heavy atom. The van der Waals surface area contributed by atoms with Crippen molar-refractivity contribution in [1.82, 2.24) is 9.55 Å². The normalized spacial score (nSPS) is 17.8. The highest BCUT2D eigenvalue weighted by Crippen LogP contribution is 2.34. The minimum absolute atomic E-state index is 0.321. The summed E-state index contributed by atoms with van der Waals surface area (Å²) >= 11 is 0. The fraction of sp³-hybridized carbons (Fsp3) is 0.333. The number of carboxylic acids is 1. The van der Waals surface area contributed by atoms with Crippen LogP contribution in [0, 0.1) is 5.82 Å². The maximum absolute atomic E-state index is 13.3. The lowest BCUT2D eigenvalue weighted by Crippen LogP contribution is -2.18. The van der Waals surface area contributed by atoms with E-state index in [1.807, 2.05) is 11.6 Å². The fourth-order valence-electron chi connectivity index (χ4n) is 2.86. The Kier molecular flexibility index (Phi) is 3.04. The molecule has 0 amide bonds. The van der Waals surface area contributed by atoms with Crippen LogP contribution in [0.2, 0.25) is 0 Å². The first-order chi connectivity index (χ1) is 9.58. The van der Waals surface area contributed by atoms with Gasteiger partial charge in [-0.1, -0.05) is 12.1 Å². The zero-order chi connectivity index (χ0) is 14.3. The number of hydrogen-bond acceptors (Lipinski definition) is 2. The molecule has 0 aliphatic heterocycles. The molecule has 104 valence electrons. The first kappa shape index (κ1) is 12.8. The summed E-state index contributed by atoms with van der Waals surface area (Å²) in [5.41, 5.74) is 2.25. The Balaban J connectivity index is 2.13. The summed E-state index contributed by atoms with van der Waals surface area (Å²) in [7, 11) is 1.86. The molecule has 20 heavy (non-hydrogen) atoms. The van der Waals surface area contributed by atoms with Crippen molar-refractivity contribution in [2.75, 3.05) is 0 Å². The van der Waals surface area contributed by atoms with Crippen molar-refractivity contribution in [2.45, 2.75) is 25.2 Å². The molecular formula is C15H15FN2O2. The van der Waals surface area contributed by atoms with Gasteiger partial charge < -0.3 is 9.67 Å². The number of imidazole rings is 1. The van der Waals surface area contributed by atoms with E-state index in [9.17, 15) is 14.3 Å². The van der Waals surface area contributed by atoms with E-state index in [0.29, 0.717) is 23.5 Å². The number of carboxylic acid groups (broad SMARTS) is 1. The van der Waals surface area contributed by atoms with Gasteiger partial charge in [0.1, 0.15) is 17.6 Å². The molecule has 0 spiro atoms. The second-order valence-corrected chi connectivity index (χ2v) is 5.12. The predicted molar refractivity (Wildman–Crippen MR) is 71.9 cm³/mol. The van der Waals surface area contributed by atoms with Crippen molar-refractivity contribution in [2.24, 2.45) is 7.05 Å². The van der Waals surface area contributed by atoms with Crippen LogP contribution in [0.5, 0.6) is 0 Å². The molecule has 0 radical (unpaired) electrons. The van der Waals surface area contributed by atoms with E-state index in [2.05, 4.69) is 4.98 Å². The maximum Gasteiger partial charge on any atom is 0.312 e. The zero-order valence-electron chi connectivity index (χ0n) is 11.1. The van der Waals surface area contributed by atoms with Crippen molar-refractivity contribution in [3.8, 4) is 11.4 Å². The highest BCUT2D eigenvalue weighted by molar-refractivity contribution is 5.76. The van der Waals surface area contributed by atoms with Gasteiger partial charge in [-0.05, 0) is 31.4 Å². The molecule has 5 heteroatoms. The predicted octanol–water partition coefficient (Wildman–Crippen LogP) is 2.73. The summed E-state index contributed by atoms with van der Waals surface area (Å²) in [6.07, 6.45) is 2.27. The largest absolute Gasteiger partial charge is 0.481 e. The van der Waals surface area contributed by atoms with Crippen LogP contribution < -0.4 is 0 Å². The first-order valence-corrected chi connectivity index (χ1v) is 6.62. The average Bonchev–Trinajstić information content (AvgIpc) is 2.76. The van der Waals surface area contributed by atoms with Crippen LogP contribution in [0.15, 0.2) is 24.3 Å². The molecule has 1 atom stereocenters. The Labute approximate surface area is 115 Å². The van der Waals surface area contributed by atoms with Crippen molar-refractivity contribution >= 4 is 5.97 Å². The number of halogens is 1. The number of carbonyl (C=O) groups is 1.